The Kier molecular flexibility index (Phi) is 2.27. The third-order valence-electron chi connectivity index (χ3n) is 1.11. The third-order valence-corrected chi connectivity index (χ3v) is 3.07. The van der Waals surface area contributed by atoms with E-state index >= 15 is 0 Å². The van der Waals surface area contributed by atoms with Gasteiger partial charge in [-0.2, -0.15) is 0 Å². The second kappa shape index (κ2) is 2.76. The van der Waals surface area contributed by atoms with Crippen LogP contribution in [0.5, 0.6) is 0 Å². The van der Waals surface area contributed by atoms with Crippen LogP contribution in [0.1, 0.15) is 0 Å². The normalized spacial score (nSPS) is 11.9. The Labute approximate surface area is 76.7 Å². The molecule has 0 aliphatic carbocycles. The topological polar surface area (TPSA) is 52.0 Å². The van der Waals surface area contributed by atoms with Crippen molar-refractivity contribution in [2.45, 2.75) is 5.16 Å². The molecule has 1 rings (SSSR count). The minimum atomic E-state index is -3.72. The van der Waals surface area contributed by atoms with Crippen LogP contribution in [0.3, 0.4) is 0 Å². The average Bonchev–Trinajstić information content (AvgIpc) is 2.11. The maximum atomic E-state index is 10.7. The summed E-state index contributed by atoms with van der Waals surface area (Å²) in [7, 11) is 2.87. The summed E-state index contributed by atoms with van der Waals surface area (Å²) in [6.07, 6.45) is 1.37. The molecule has 0 amide bonds. The summed E-state index contributed by atoms with van der Waals surface area (Å²) in [6, 6.07) is 0. The molecule has 0 unspecified atom stereocenters. The molecule has 0 bridgehead atoms. The van der Waals surface area contributed by atoms with Crippen LogP contribution in [-0.4, -0.2) is 18.0 Å². The predicted octanol–water partition coefficient (Wildman–Crippen LogP) is 1.11. The van der Waals surface area contributed by atoms with Gasteiger partial charge >= 0.3 is 0 Å². The molecule has 1 aromatic rings. The second-order valence-corrected chi connectivity index (χ2v) is 5.13. The number of rotatable bonds is 1. The van der Waals surface area contributed by atoms with Crippen molar-refractivity contribution in [2.24, 2.45) is 7.05 Å². The van der Waals surface area contributed by atoms with Gasteiger partial charge in [0, 0.05) is 17.7 Å². The summed E-state index contributed by atoms with van der Waals surface area (Å²) in [5.41, 5.74) is 0. The van der Waals surface area contributed by atoms with Crippen LogP contribution < -0.4 is 0 Å². The zero-order chi connectivity index (χ0) is 8.65. The van der Waals surface area contributed by atoms with E-state index in [1.165, 1.54) is 10.8 Å². The zero-order valence-electron chi connectivity index (χ0n) is 5.45. The van der Waals surface area contributed by atoms with Gasteiger partial charge < -0.3 is 4.57 Å². The van der Waals surface area contributed by atoms with Crippen LogP contribution in [-0.2, 0) is 16.1 Å². The van der Waals surface area contributed by atoms with Crippen LogP contribution in [0.4, 0.5) is 0 Å². The lowest BCUT2D eigenvalue weighted by Crippen LogP contribution is -2.01. The van der Waals surface area contributed by atoms with Crippen LogP contribution in [0.2, 0.25) is 0 Å². The van der Waals surface area contributed by atoms with E-state index in [4.69, 9.17) is 10.7 Å². The quantitative estimate of drug-likeness (QED) is 0.710. The number of nitrogens with zero attached hydrogens (tertiary/aromatic N) is 2. The summed E-state index contributed by atoms with van der Waals surface area (Å²) in [6.45, 7) is 0. The van der Waals surface area contributed by atoms with Gasteiger partial charge in [0.05, 0.1) is 6.20 Å². The molecule has 0 aliphatic rings. The van der Waals surface area contributed by atoms with E-state index < -0.39 is 9.05 Å². The molecule has 0 saturated carbocycles. The zero-order valence-corrected chi connectivity index (χ0v) is 8.61. The summed E-state index contributed by atoms with van der Waals surface area (Å²) < 4.78 is 23.4. The van der Waals surface area contributed by atoms with E-state index in [0.29, 0.717) is 4.60 Å². The minimum Gasteiger partial charge on any atom is -0.312 e. The number of hydrogen-bond donors (Lipinski definition) is 0. The van der Waals surface area contributed by atoms with Gasteiger partial charge in [0.2, 0.25) is 5.16 Å². The van der Waals surface area contributed by atoms with Crippen molar-refractivity contribution < 1.29 is 8.42 Å². The van der Waals surface area contributed by atoms with E-state index in [1.54, 1.807) is 7.05 Å². The number of aromatic nitrogens is 2. The lowest BCUT2D eigenvalue weighted by atomic mass is 10.9. The van der Waals surface area contributed by atoms with Crippen LogP contribution in [0.25, 0.3) is 0 Å². The first kappa shape index (κ1) is 9.02. The minimum absolute atomic E-state index is 0.161. The van der Waals surface area contributed by atoms with E-state index in [1.807, 2.05) is 0 Å². The molecule has 0 N–H and O–H groups in total. The van der Waals surface area contributed by atoms with Crippen molar-refractivity contribution in [1.82, 2.24) is 9.55 Å². The lowest BCUT2D eigenvalue weighted by Gasteiger charge is -1.95. The molecule has 0 atom stereocenters. The van der Waals surface area contributed by atoms with Crippen LogP contribution in [0, 0.1) is 0 Å². The molecule has 0 aliphatic heterocycles. The summed E-state index contributed by atoms with van der Waals surface area (Å²) in [5, 5.41) is -0.161. The third kappa shape index (κ3) is 1.74. The van der Waals surface area contributed by atoms with Crippen LogP contribution in [0.15, 0.2) is 16.0 Å². The number of imidazole rings is 1. The molecule has 0 saturated heterocycles. The van der Waals surface area contributed by atoms with Crippen molar-refractivity contribution in [3.05, 3.63) is 10.8 Å². The van der Waals surface area contributed by atoms with E-state index in [2.05, 4.69) is 20.9 Å². The van der Waals surface area contributed by atoms with Gasteiger partial charge in [0.1, 0.15) is 4.60 Å². The molecule has 4 nitrogen and oxygen atoms in total. The first-order chi connectivity index (χ1) is 4.93. The van der Waals surface area contributed by atoms with Gasteiger partial charge in [-0.1, -0.05) is 0 Å². The maximum absolute atomic E-state index is 10.7. The highest BCUT2D eigenvalue weighted by molar-refractivity contribution is 9.10. The standard InChI is InChI=1S/C4H4BrClN2O2S/c1-8-3(5)2-7-4(8)11(6,9)10/h2H,1H3. The Bertz CT molecular complexity index is 371. The van der Waals surface area contributed by atoms with Gasteiger partial charge in [-0.3, -0.25) is 0 Å². The highest BCUT2D eigenvalue weighted by atomic mass is 79.9. The number of halogens is 2. The van der Waals surface area contributed by atoms with Crippen LogP contribution >= 0.6 is 26.6 Å². The molecule has 62 valence electrons. The molecule has 0 aromatic carbocycles. The van der Waals surface area contributed by atoms with Gasteiger partial charge in [-0.05, 0) is 15.9 Å². The predicted molar refractivity (Wildman–Crippen MR) is 43.9 cm³/mol. The van der Waals surface area contributed by atoms with Crippen molar-refractivity contribution in [3.63, 3.8) is 0 Å². The Morgan fingerprint density at radius 1 is 1.73 bits per heavy atom. The molecule has 0 radical (unpaired) electrons. The highest BCUT2D eigenvalue weighted by Crippen LogP contribution is 2.17. The second-order valence-electron chi connectivity index (χ2n) is 1.86. The summed E-state index contributed by atoms with van der Waals surface area (Å²) in [5.74, 6) is 0. The molecule has 1 aromatic heterocycles. The molecule has 7 heteroatoms. The smallest absolute Gasteiger partial charge is 0.295 e. The Hall–Kier alpha value is -0.0700. The van der Waals surface area contributed by atoms with Gasteiger partial charge in [0.25, 0.3) is 9.05 Å². The Morgan fingerprint density at radius 2 is 2.27 bits per heavy atom. The lowest BCUT2D eigenvalue weighted by molar-refractivity contribution is 0.592. The molecule has 1 heterocycles. The van der Waals surface area contributed by atoms with Crippen molar-refractivity contribution in [1.29, 1.82) is 0 Å². The monoisotopic (exact) mass is 258 g/mol. The Morgan fingerprint density at radius 3 is 2.45 bits per heavy atom. The fraction of sp³-hybridized carbons (Fsp3) is 0.250. The first-order valence-electron chi connectivity index (χ1n) is 2.55. The fourth-order valence-corrected chi connectivity index (χ4v) is 2.02. The fourth-order valence-electron chi connectivity index (χ4n) is 0.600. The molecular weight excluding hydrogens is 255 g/mol. The average molecular weight is 260 g/mol. The van der Waals surface area contributed by atoms with Gasteiger partial charge in [-0.15, -0.1) is 0 Å². The Balaban J connectivity index is 3.38. The SMILES string of the molecule is Cn1c(Br)cnc1S(=O)(=O)Cl. The summed E-state index contributed by atoms with van der Waals surface area (Å²) in [4.78, 5) is 3.58. The van der Waals surface area contributed by atoms with Gasteiger partial charge in [-0.25, -0.2) is 13.4 Å². The molecule has 0 spiro atoms. The van der Waals surface area contributed by atoms with Crippen molar-refractivity contribution in [2.75, 3.05) is 0 Å². The van der Waals surface area contributed by atoms with Crippen molar-refractivity contribution in [3.8, 4) is 0 Å². The van der Waals surface area contributed by atoms with E-state index in [9.17, 15) is 8.42 Å². The molecule has 11 heavy (non-hydrogen) atoms. The highest BCUT2D eigenvalue weighted by Gasteiger charge is 2.17. The largest absolute Gasteiger partial charge is 0.312 e. The maximum Gasteiger partial charge on any atom is 0.295 e. The first-order valence-corrected chi connectivity index (χ1v) is 5.65. The van der Waals surface area contributed by atoms with Crippen molar-refractivity contribution >= 4 is 35.7 Å². The number of hydrogen-bond acceptors (Lipinski definition) is 3. The van der Waals surface area contributed by atoms with Gasteiger partial charge in [0.15, 0.2) is 0 Å². The molecular formula is C4H4BrClN2O2S. The van der Waals surface area contributed by atoms with E-state index in [0.717, 1.165) is 0 Å². The molecule has 0 fully saturated rings. The summed E-state index contributed by atoms with van der Waals surface area (Å²) >= 11 is 3.09. The van der Waals surface area contributed by atoms with E-state index in [-0.39, 0.29) is 5.16 Å².